The Kier molecular flexibility index (Phi) is 5.85. The van der Waals surface area contributed by atoms with Crippen molar-refractivity contribution in [2.24, 2.45) is 0 Å². The van der Waals surface area contributed by atoms with Gasteiger partial charge in [-0.2, -0.15) is 0 Å². The van der Waals surface area contributed by atoms with Crippen LogP contribution in [0.25, 0.3) is 0 Å². The number of carbonyl (C=O) groups excluding carboxylic acids is 2. The molecule has 8 heteroatoms. The van der Waals surface area contributed by atoms with Crippen LogP contribution in [0.3, 0.4) is 0 Å². The van der Waals surface area contributed by atoms with Crippen molar-refractivity contribution in [2.75, 3.05) is 25.6 Å². The summed E-state index contributed by atoms with van der Waals surface area (Å²) in [4.78, 5) is 31.0. The predicted octanol–water partition coefficient (Wildman–Crippen LogP) is 3.06. The summed E-state index contributed by atoms with van der Waals surface area (Å²) in [5.41, 5.74) is 2.73. The monoisotopic (exact) mass is 375 g/mol. The second kappa shape index (κ2) is 8.29. The quantitative estimate of drug-likeness (QED) is 0.809. The van der Waals surface area contributed by atoms with Crippen LogP contribution in [0.2, 0.25) is 0 Å². The van der Waals surface area contributed by atoms with Crippen molar-refractivity contribution in [3.8, 4) is 0 Å². The van der Waals surface area contributed by atoms with Gasteiger partial charge in [0.2, 0.25) is 0 Å². The Balaban J connectivity index is 1.60. The second-order valence-electron chi connectivity index (χ2n) is 5.88. The number of nitrogens with zero attached hydrogens (tertiary/aromatic N) is 2. The van der Waals surface area contributed by atoms with Crippen LogP contribution >= 0.6 is 11.3 Å². The topological polar surface area (TPSA) is 80.8 Å². The molecule has 26 heavy (non-hydrogen) atoms. The van der Waals surface area contributed by atoms with Gasteiger partial charge in [-0.25, -0.2) is 14.6 Å². The smallest absolute Gasteiger partial charge is 0.413 e. The third kappa shape index (κ3) is 4.39. The number of amides is 1. The third-order valence-electron chi connectivity index (χ3n) is 4.08. The van der Waals surface area contributed by atoms with Crippen LogP contribution in [0.15, 0.2) is 24.3 Å². The fraction of sp³-hybridized carbons (Fsp3) is 0.389. The fourth-order valence-electron chi connectivity index (χ4n) is 2.81. The highest BCUT2D eigenvalue weighted by Gasteiger charge is 2.21. The van der Waals surface area contributed by atoms with Crippen molar-refractivity contribution < 1.29 is 19.1 Å². The molecule has 0 aliphatic carbocycles. The number of hydrogen-bond donors (Lipinski definition) is 1. The first-order valence-electron chi connectivity index (χ1n) is 8.41. The van der Waals surface area contributed by atoms with Crippen LogP contribution in [-0.4, -0.2) is 42.2 Å². The Bertz CT molecular complexity index is 788. The van der Waals surface area contributed by atoms with Crippen molar-refractivity contribution in [2.45, 2.75) is 26.4 Å². The molecule has 2 heterocycles. The third-order valence-corrected chi connectivity index (χ3v) is 5.07. The number of nitrogens with one attached hydrogen (secondary N) is 1. The van der Waals surface area contributed by atoms with E-state index in [1.165, 1.54) is 18.4 Å². The molecule has 2 aromatic rings. The minimum absolute atomic E-state index is 0.328. The van der Waals surface area contributed by atoms with E-state index in [2.05, 4.69) is 15.2 Å². The van der Waals surface area contributed by atoms with Crippen LogP contribution in [-0.2, 0) is 29.0 Å². The van der Waals surface area contributed by atoms with Gasteiger partial charge < -0.3 is 9.47 Å². The Labute approximate surface area is 155 Å². The van der Waals surface area contributed by atoms with E-state index in [0.717, 1.165) is 42.2 Å². The molecule has 0 radical (unpaired) electrons. The van der Waals surface area contributed by atoms with Crippen LogP contribution in [0.5, 0.6) is 0 Å². The minimum Gasteiger partial charge on any atom is -0.465 e. The molecule has 0 unspecified atom stereocenters. The molecular weight excluding hydrogens is 354 g/mol. The van der Waals surface area contributed by atoms with Gasteiger partial charge in [-0.15, -0.1) is 0 Å². The standard InChI is InChI=1S/C18H21N3O4S/c1-3-25-18(23)20-17-19-14-8-9-21(11-15(14)26-17)10-12-4-6-13(7-5-12)16(22)24-2/h4-7H,3,8-11H2,1-2H3,(H,19,20,23). The zero-order chi connectivity index (χ0) is 18.5. The number of carbonyl (C=O) groups is 2. The molecule has 1 aromatic heterocycles. The highest BCUT2D eigenvalue weighted by molar-refractivity contribution is 7.15. The van der Waals surface area contributed by atoms with Gasteiger partial charge in [-0.3, -0.25) is 10.2 Å². The zero-order valence-electron chi connectivity index (χ0n) is 14.8. The summed E-state index contributed by atoms with van der Waals surface area (Å²) in [6.07, 6.45) is 0.373. The van der Waals surface area contributed by atoms with E-state index in [1.54, 1.807) is 19.1 Å². The number of anilines is 1. The molecule has 0 saturated carbocycles. The van der Waals surface area contributed by atoms with Gasteiger partial charge in [0.25, 0.3) is 0 Å². The van der Waals surface area contributed by atoms with E-state index >= 15 is 0 Å². The van der Waals surface area contributed by atoms with E-state index in [9.17, 15) is 9.59 Å². The van der Waals surface area contributed by atoms with Crippen LogP contribution in [0.1, 0.15) is 33.4 Å². The summed E-state index contributed by atoms with van der Waals surface area (Å²) in [6, 6.07) is 7.46. The Morgan fingerprint density at radius 3 is 2.77 bits per heavy atom. The number of rotatable bonds is 5. The molecule has 0 spiro atoms. The molecular formula is C18H21N3O4S. The van der Waals surface area contributed by atoms with Gasteiger partial charge in [0.1, 0.15) is 0 Å². The van der Waals surface area contributed by atoms with E-state index in [-0.39, 0.29) is 5.97 Å². The minimum atomic E-state index is -0.471. The van der Waals surface area contributed by atoms with Crippen molar-refractivity contribution in [3.63, 3.8) is 0 Å². The van der Waals surface area contributed by atoms with Crippen LogP contribution in [0.4, 0.5) is 9.93 Å². The summed E-state index contributed by atoms with van der Waals surface area (Å²) in [6.45, 7) is 4.57. The number of benzene rings is 1. The zero-order valence-corrected chi connectivity index (χ0v) is 15.6. The van der Waals surface area contributed by atoms with Gasteiger partial charge in [0, 0.05) is 30.9 Å². The highest BCUT2D eigenvalue weighted by Crippen LogP contribution is 2.29. The maximum Gasteiger partial charge on any atom is 0.413 e. The number of fused-ring (bicyclic) bond motifs is 1. The first-order valence-corrected chi connectivity index (χ1v) is 9.22. The van der Waals surface area contributed by atoms with E-state index in [0.29, 0.717) is 17.3 Å². The number of ether oxygens (including phenoxy) is 2. The Morgan fingerprint density at radius 1 is 1.31 bits per heavy atom. The van der Waals surface area contributed by atoms with Gasteiger partial charge in [-0.1, -0.05) is 23.5 Å². The first kappa shape index (κ1) is 18.3. The van der Waals surface area contributed by atoms with Gasteiger partial charge in [0.05, 0.1) is 25.0 Å². The normalized spacial score (nSPS) is 13.8. The lowest BCUT2D eigenvalue weighted by Gasteiger charge is -2.25. The maximum atomic E-state index is 11.5. The lowest BCUT2D eigenvalue weighted by atomic mass is 10.1. The summed E-state index contributed by atoms with van der Waals surface area (Å²) >= 11 is 1.49. The van der Waals surface area contributed by atoms with Crippen molar-refractivity contribution in [3.05, 3.63) is 46.0 Å². The summed E-state index contributed by atoms with van der Waals surface area (Å²) in [5.74, 6) is -0.328. The average molecular weight is 375 g/mol. The lowest BCUT2D eigenvalue weighted by molar-refractivity contribution is 0.0600. The summed E-state index contributed by atoms with van der Waals surface area (Å²) in [7, 11) is 1.38. The van der Waals surface area contributed by atoms with Crippen molar-refractivity contribution in [1.82, 2.24) is 9.88 Å². The molecule has 1 aromatic carbocycles. The second-order valence-corrected chi connectivity index (χ2v) is 6.97. The molecule has 1 N–H and O–H groups in total. The maximum absolute atomic E-state index is 11.5. The fourth-order valence-corrected chi connectivity index (χ4v) is 3.85. The number of methoxy groups -OCH3 is 1. The lowest BCUT2D eigenvalue weighted by Crippen LogP contribution is -2.29. The number of thiazole rings is 1. The Hall–Kier alpha value is -2.45. The van der Waals surface area contributed by atoms with Crippen LogP contribution < -0.4 is 5.32 Å². The molecule has 1 amide bonds. The predicted molar refractivity (Wildman–Crippen MR) is 98.4 cm³/mol. The average Bonchev–Trinajstić information content (AvgIpc) is 3.03. The SMILES string of the molecule is CCOC(=O)Nc1nc2c(s1)CN(Cc1ccc(C(=O)OC)cc1)CC2. The molecule has 138 valence electrons. The van der Waals surface area contributed by atoms with Crippen LogP contribution in [0, 0.1) is 0 Å². The molecule has 0 bridgehead atoms. The molecule has 3 rings (SSSR count). The molecule has 0 fully saturated rings. The van der Waals surface area contributed by atoms with E-state index < -0.39 is 6.09 Å². The van der Waals surface area contributed by atoms with Gasteiger partial charge >= 0.3 is 12.1 Å². The van der Waals surface area contributed by atoms with E-state index in [1.807, 2.05) is 12.1 Å². The van der Waals surface area contributed by atoms with Gasteiger partial charge in [-0.05, 0) is 24.6 Å². The molecule has 7 nitrogen and oxygen atoms in total. The number of aromatic nitrogens is 1. The van der Waals surface area contributed by atoms with E-state index in [4.69, 9.17) is 9.47 Å². The number of hydrogen-bond acceptors (Lipinski definition) is 7. The molecule has 1 aliphatic rings. The Morgan fingerprint density at radius 2 is 2.08 bits per heavy atom. The molecule has 0 atom stereocenters. The first-order chi connectivity index (χ1) is 12.6. The summed E-state index contributed by atoms with van der Waals surface area (Å²) < 4.78 is 9.60. The molecule has 1 aliphatic heterocycles. The van der Waals surface area contributed by atoms with Crippen molar-refractivity contribution in [1.29, 1.82) is 0 Å². The largest absolute Gasteiger partial charge is 0.465 e. The molecule has 0 saturated heterocycles. The number of esters is 1. The van der Waals surface area contributed by atoms with Gasteiger partial charge in [0.15, 0.2) is 5.13 Å². The highest BCUT2D eigenvalue weighted by atomic mass is 32.1. The van der Waals surface area contributed by atoms with Crippen molar-refractivity contribution >= 4 is 28.5 Å². The summed E-state index contributed by atoms with van der Waals surface area (Å²) in [5, 5.41) is 3.25.